The predicted octanol–water partition coefficient (Wildman–Crippen LogP) is 0.893. The summed E-state index contributed by atoms with van der Waals surface area (Å²) in [4.78, 5) is 14.9. The van der Waals surface area contributed by atoms with Crippen LogP contribution in [0.1, 0.15) is 20.3 Å². The number of carbonyl (C=O) groups is 1. The Kier molecular flexibility index (Phi) is 5.15. The van der Waals surface area contributed by atoms with Crippen molar-refractivity contribution in [1.29, 1.82) is 0 Å². The molecule has 1 aliphatic rings. The third-order valence-corrected chi connectivity index (χ3v) is 2.38. The first-order valence-corrected chi connectivity index (χ1v) is 4.52. The summed E-state index contributed by atoms with van der Waals surface area (Å²) in [6.07, 6.45) is 4.51. The maximum Gasteiger partial charge on any atom is 0.225 e. The molecule has 5 heteroatoms. The second-order valence-electron chi connectivity index (χ2n) is 3.38. The van der Waals surface area contributed by atoms with E-state index in [9.17, 15) is 4.79 Å². The monoisotopic (exact) mass is 263 g/mol. The van der Waals surface area contributed by atoms with Crippen molar-refractivity contribution in [3.63, 3.8) is 0 Å². The average molecular weight is 264 g/mol. The molecule has 1 heterocycles. The molecule has 0 aromatic carbocycles. The number of amides is 1. The number of rotatable bonds is 2. The third-order valence-electron chi connectivity index (χ3n) is 2.38. The van der Waals surface area contributed by atoms with Crippen LogP contribution in [0, 0.1) is 0 Å². The summed E-state index contributed by atoms with van der Waals surface area (Å²) in [6, 6.07) is 0.00361. The maximum atomic E-state index is 11.2. The van der Waals surface area contributed by atoms with Crippen LogP contribution in [-0.2, 0) is 4.79 Å². The van der Waals surface area contributed by atoms with Gasteiger partial charge in [-0.15, -0.1) is 17.0 Å². The van der Waals surface area contributed by atoms with E-state index in [0.717, 1.165) is 6.42 Å². The van der Waals surface area contributed by atoms with Crippen molar-refractivity contribution in [3.05, 3.63) is 12.4 Å². The van der Waals surface area contributed by atoms with Gasteiger partial charge in [-0.1, -0.05) is 6.92 Å². The first-order chi connectivity index (χ1) is 6.07. The standard InChI is InChI=1S/C9H17N3O.BrH/c1-4-8(10)9-11(3)5-6-12(9)7(2)13;/h5-6,8-9H,4,10H2,1-3H3;1H. The van der Waals surface area contributed by atoms with E-state index in [4.69, 9.17) is 5.73 Å². The van der Waals surface area contributed by atoms with Gasteiger partial charge in [-0.2, -0.15) is 0 Å². The van der Waals surface area contributed by atoms with Gasteiger partial charge < -0.3 is 10.6 Å². The van der Waals surface area contributed by atoms with Gasteiger partial charge in [-0.05, 0) is 6.42 Å². The molecule has 1 rings (SSSR count). The Morgan fingerprint density at radius 1 is 1.57 bits per heavy atom. The molecule has 82 valence electrons. The lowest BCUT2D eigenvalue weighted by atomic mass is 10.1. The van der Waals surface area contributed by atoms with Crippen LogP contribution in [0.3, 0.4) is 0 Å². The van der Waals surface area contributed by atoms with Crippen LogP contribution in [0.4, 0.5) is 0 Å². The maximum absolute atomic E-state index is 11.2. The van der Waals surface area contributed by atoms with Crippen molar-refractivity contribution < 1.29 is 4.79 Å². The van der Waals surface area contributed by atoms with Gasteiger partial charge in [0.2, 0.25) is 5.91 Å². The quantitative estimate of drug-likeness (QED) is 0.806. The third kappa shape index (κ3) is 2.48. The summed E-state index contributed by atoms with van der Waals surface area (Å²) in [7, 11) is 1.93. The highest BCUT2D eigenvalue weighted by molar-refractivity contribution is 8.93. The zero-order valence-corrected chi connectivity index (χ0v) is 10.5. The molecule has 0 saturated carbocycles. The van der Waals surface area contributed by atoms with E-state index >= 15 is 0 Å². The van der Waals surface area contributed by atoms with Gasteiger partial charge >= 0.3 is 0 Å². The molecule has 0 aromatic heterocycles. The van der Waals surface area contributed by atoms with Gasteiger partial charge in [0.15, 0.2) is 0 Å². The molecule has 14 heavy (non-hydrogen) atoms. The molecule has 0 saturated heterocycles. The molecule has 0 aliphatic carbocycles. The summed E-state index contributed by atoms with van der Waals surface area (Å²) in [5.41, 5.74) is 5.92. The van der Waals surface area contributed by atoms with Gasteiger partial charge in [0.1, 0.15) is 6.17 Å². The molecule has 1 aliphatic heterocycles. The molecule has 0 spiro atoms. The molecular formula is C9H18BrN3O. The van der Waals surface area contributed by atoms with Crippen LogP contribution in [0.5, 0.6) is 0 Å². The molecule has 4 nitrogen and oxygen atoms in total. The minimum absolute atomic E-state index is 0. The van der Waals surface area contributed by atoms with E-state index < -0.39 is 0 Å². The van der Waals surface area contributed by atoms with E-state index in [-0.39, 0.29) is 35.1 Å². The summed E-state index contributed by atoms with van der Waals surface area (Å²) in [5, 5.41) is 0. The topological polar surface area (TPSA) is 49.6 Å². The zero-order valence-electron chi connectivity index (χ0n) is 8.80. The summed E-state index contributed by atoms with van der Waals surface area (Å²) in [6.45, 7) is 3.58. The fourth-order valence-electron chi connectivity index (χ4n) is 1.56. The second kappa shape index (κ2) is 5.36. The first-order valence-electron chi connectivity index (χ1n) is 4.52. The van der Waals surface area contributed by atoms with Gasteiger partial charge in [-0.25, -0.2) is 0 Å². The molecule has 2 atom stereocenters. The fraction of sp³-hybridized carbons (Fsp3) is 0.667. The van der Waals surface area contributed by atoms with Gasteiger partial charge in [0.25, 0.3) is 0 Å². The summed E-state index contributed by atoms with van der Waals surface area (Å²) < 4.78 is 0. The van der Waals surface area contributed by atoms with Gasteiger partial charge in [-0.3, -0.25) is 9.69 Å². The normalized spacial score (nSPS) is 22.1. The number of hydrogen-bond donors (Lipinski definition) is 1. The first kappa shape index (κ1) is 13.4. The lowest BCUT2D eigenvalue weighted by Gasteiger charge is -2.32. The Hall–Kier alpha value is -0.550. The number of nitrogens with two attached hydrogens (primary N) is 1. The number of likely N-dealkylation sites (N-methyl/N-ethyl adjacent to an activating group) is 1. The van der Waals surface area contributed by atoms with Crippen LogP contribution < -0.4 is 5.73 Å². The second-order valence-corrected chi connectivity index (χ2v) is 3.38. The highest BCUT2D eigenvalue weighted by Crippen LogP contribution is 2.17. The van der Waals surface area contributed by atoms with E-state index in [1.807, 2.05) is 25.1 Å². The van der Waals surface area contributed by atoms with Crippen LogP contribution in [-0.4, -0.2) is 35.0 Å². The van der Waals surface area contributed by atoms with Crippen LogP contribution in [0.25, 0.3) is 0 Å². The molecule has 0 radical (unpaired) electrons. The summed E-state index contributed by atoms with van der Waals surface area (Å²) >= 11 is 0. The van der Waals surface area contributed by atoms with Gasteiger partial charge in [0.05, 0.1) is 0 Å². The summed E-state index contributed by atoms with van der Waals surface area (Å²) in [5.74, 6) is 0.0366. The minimum Gasteiger partial charge on any atom is -0.357 e. The van der Waals surface area contributed by atoms with Crippen molar-refractivity contribution in [2.75, 3.05) is 7.05 Å². The Bertz CT molecular complexity index is 232. The largest absolute Gasteiger partial charge is 0.357 e. The highest BCUT2D eigenvalue weighted by Gasteiger charge is 2.30. The van der Waals surface area contributed by atoms with Gasteiger partial charge in [0, 0.05) is 32.4 Å². The van der Waals surface area contributed by atoms with Crippen LogP contribution >= 0.6 is 17.0 Å². The minimum atomic E-state index is -0.0116. The fourth-order valence-corrected chi connectivity index (χ4v) is 1.56. The highest BCUT2D eigenvalue weighted by atomic mass is 79.9. The van der Waals surface area contributed by atoms with Crippen molar-refractivity contribution in [2.45, 2.75) is 32.5 Å². The molecular weight excluding hydrogens is 246 g/mol. The Labute approximate surface area is 95.5 Å². The van der Waals surface area contributed by atoms with Crippen molar-refractivity contribution >= 4 is 22.9 Å². The molecule has 0 aromatic rings. The molecule has 1 amide bonds. The lowest BCUT2D eigenvalue weighted by Crippen LogP contribution is -2.51. The van der Waals surface area contributed by atoms with Crippen LogP contribution in [0.15, 0.2) is 12.4 Å². The lowest BCUT2D eigenvalue weighted by molar-refractivity contribution is -0.129. The number of hydrogen-bond acceptors (Lipinski definition) is 3. The number of nitrogens with zero attached hydrogens (tertiary/aromatic N) is 2. The number of carbonyl (C=O) groups excluding carboxylic acids is 1. The molecule has 2 unspecified atom stereocenters. The van der Waals surface area contributed by atoms with E-state index in [1.165, 1.54) is 0 Å². The zero-order chi connectivity index (χ0) is 10.0. The Balaban J connectivity index is 0.00000169. The number of halogens is 1. The van der Waals surface area contributed by atoms with Crippen LogP contribution in [0.2, 0.25) is 0 Å². The van der Waals surface area contributed by atoms with E-state index in [2.05, 4.69) is 0 Å². The smallest absolute Gasteiger partial charge is 0.225 e. The average Bonchev–Trinajstić information content (AvgIpc) is 2.46. The van der Waals surface area contributed by atoms with Crippen molar-refractivity contribution in [1.82, 2.24) is 9.80 Å². The predicted molar refractivity (Wildman–Crippen MR) is 61.8 cm³/mol. The van der Waals surface area contributed by atoms with Crippen molar-refractivity contribution in [3.8, 4) is 0 Å². The SMILES string of the molecule is Br.CCC(N)C1N(C)C=CN1C(C)=O. The Morgan fingerprint density at radius 2 is 2.14 bits per heavy atom. The van der Waals surface area contributed by atoms with Crippen molar-refractivity contribution in [2.24, 2.45) is 5.73 Å². The van der Waals surface area contributed by atoms with E-state index in [1.54, 1.807) is 18.0 Å². The van der Waals surface area contributed by atoms with E-state index in [0.29, 0.717) is 0 Å². The molecule has 0 bridgehead atoms. The molecule has 2 N–H and O–H groups in total. The Morgan fingerprint density at radius 3 is 2.57 bits per heavy atom. The molecule has 0 fully saturated rings.